The van der Waals surface area contributed by atoms with Crippen LogP contribution < -0.4 is 10.6 Å². The maximum absolute atomic E-state index is 12.3. The summed E-state index contributed by atoms with van der Waals surface area (Å²) >= 11 is 1.53. The van der Waals surface area contributed by atoms with Crippen molar-refractivity contribution in [3.63, 3.8) is 0 Å². The number of amides is 2. The van der Waals surface area contributed by atoms with Gasteiger partial charge in [0, 0.05) is 12.2 Å². The van der Waals surface area contributed by atoms with Gasteiger partial charge in [-0.25, -0.2) is 4.79 Å². The predicted octanol–water partition coefficient (Wildman–Crippen LogP) is 4.85. The highest BCUT2D eigenvalue weighted by atomic mass is 32.1. The van der Waals surface area contributed by atoms with Gasteiger partial charge in [0.2, 0.25) is 0 Å². The van der Waals surface area contributed by atoms with E-state index in [9.17, 15) is 9.90 Å². The molecule has 130 valence electrons. The zero-order chi connectivity index (χ0) is 17.7. The summed E-state index contributed by atoms with van der Waals surface area (Å²) in [6.07, 6.45) is -0.688. The van der Waals surface area contributed by atoms with Gasteiger partial charge in [-0.15, -0.1) is 0 Å². The monoisotopic (exact) mass is 346 g/mol. The van der Waals surface area contributed by atoms with Crippen molar-refractivity contribution in [2.75, 3.05) is 11.9 Å². The molecule has 0 bridgehead atoms. The molecule has 0 aliphatic heterocycles. The van der Waals surface area contributed by atoms with Gasteiger partial charge in [0.1, 0.15) is 0 Å². The second-order valence-corrected chi connectivity index (χ2v) is 7.31. The quantitative estimate of drug-likeness (QED) is 0.700. The highest BCUT2D eigenvalue weighted by Gasteiger charge is 2.16. The lowest BCUT2D eigenvalue weighted by Crippen LogP contribution is -2.33. The minimum Gasteiger partial charge on any atom is -0.387 e. The first kappa shape index (κ1) is 18.5. The minimum absolute atomic E-state index is 0.184. The normalized spacial score (nSPS) is 12.5. The van der Waals surface area contributed by atoms with Gasteiger partial charge in [0.15, 0.2) is 0 Å². The van der Waals surface area contributed by atoms with Gasteiger partial charge >= 0.3 is 6.03 Å². The van der Waals surface area contributed by atoms with Crippen LogP contribution in [0.25, 0.3) is 0 Å². The van der Waals surface area contributed by atoms with Gasteiger partial charge in [0.25, 0.3) is 0 Å². The van der Waals surface area contributed by atoms with Crippen molar-refractivity contribution in [1.82, 2.24) is 5.32 Å². The number of carbonyl (C=O) groups is 1. The lowest BCUT2D eigenvalue weighted by atomic mass is 9.93. The molecule has 0 aliphatic rings. The fourth-order valence-electron chi connectivity index (χ4n) is 2.62. The Bertz CT molecular complexity index is 640. The van der Waals surface area contributed by atoms with Gasteiger partial charge in [-0.1, -0.05) is 45.9 Å². The van der Waals surface area contributed by atoms with Crippen LogP contribution in [0.15, 0.2) is 35.0 Å². The van der Waals surface area contributed by atoms with Crippen molar-refractivity contribution in [3.05, 3.63) is 51.7 Å². The predicted molar refractivity (Wildman–Crippen MR) is 101 cm³/mol. The van der Waals surface area contributed by atoms with Crippen LogP contribution in [0.5, 0.6) is 0 Å². The van der Waals surface area contributed by atoms with E-state index in [4.69, 9.17) is 0 Å². The second kappa shape index (κ2) is 8.31. The number of urea groups is 1. The van der Waals surface area contributed by atoms with Crippen molar-refractivity contribution < 1.29 is 9.90 Å². The van der Waals surface area contributed by atoms with Gasteiger partial charge < -0.3 is 15.7 Å². The summed E-state index contributed by atoms with van der Waals surface area (Å²) in [5.41, 5.74) is 3.94. The second-order valence-electron chi connectivity index (χ2n) is 6.53. The Kier molecular flexibility index (Phi) is 6.40. The number of hydrogen-bond donors (Lipinski definition) is 3. The van der Waals surface area contributed by atoms with Gasteiger partial charge in [0.05, 0.1) is 6.10 Å². The molecule has 1 heterocycles. The average molecular weight is 346 g/mol. The van der Waals surface area contributed by atoms with Crippen LogP contribution in [0, 0.1) is 0 Å². The highest BCUT2D eigenvalue weighted by Crippen LogP contribution is 2.32. The average Bonchev–Trinajstić information content (AvgIpc) is 3.06. The molecule has 1 aromatic carbocycles. The summed E-state index contributed by atoms with van der Waals surface area (Å²) in [7, 11) is 0. The van der Waals surface area contributed by atoms with Crippen molar-refractivity contribution in [2.45, 2.75) is 45.6 Å². The molecule has 3 N–H and O–H groups in total. The molecule has 1 unspecified atom stereocenters. The smallest absolute Gasteiger partial charge is 0.319 e. The topological polar surface area (TPSA) is 61.4 Å². The number of nitrogens with one attached hydrogen (secondary N) is 2. The summed E-state index contributed by atoms with van der Waals surface area (Å²) in [5.74, 6) is 0.630. The number of carbonyl (C=O) groups excluding carboxylic acids is 1. The van der Waals surface area contributed by atoms with Gasteiger partial charge in [-0.2, -0.15) is 11.3 Å². The van der Waals surface area contributed by atoms with Crippen LogP contribution in [0.4, 0.5) is 10.5 Å². The fourth-order valence-corrected chi connectivity index (χ4v) is 3.33. The Hall–Kier alpha value is -1.85. The van der Waals surface area contributed by atoms with Crippen LogP contribution in [0.1, 0.15) is 62.3 Å². The third-order valence-electron chi connectivity index (χ3n) is 4.00. The van der Waals surface area contributed by atoms with Crippen LogP contribution in [0.3, 0.4) is 0 Å². The van der Waals surface area contributed by atoms with Crippen molar-refractivity contribution >= 4 is 23.1 Å². The first-order chi connectivity index (χ1) is 11.4. The minimum atomic E-state index is -0.688. The number of hydrogen-bond acceptors (Lipinski definition) is 3. The zero-order valence-electron chi connectivity index (χ0n) is 14.7. The largest absolute Gasteiger partial charge is 0.387 e. The maximum atomic E-state index is 12.3. The molecule has 4 nitrogen and oxygen atoms in total. The molecule has 24 heavy (non-hydrogen) atoms. The van der Waals surface area contributed by atoms with E-state index >= 15 is 0 Å². The SMILES string of the molecule is CC(C)c1cccc(C(C)C)c1NC(=O)NCC(O)c1ccsc1. The molecule has 0 saturated heterocycles. The zero-order valence-corrected chi connectivity index (χ0v) is 15.5. The van der Waals surface area contributed by atoms with Crippen molar-refractivity contribution in [1.29, 1.82) is 0 Å². The summed E-state index contributed by atoms with van der Waals surface area (Å²) < 4.78 is 0. The summed E-state index contributed by atoms with van der Waals surface area (Å²) in [6, 6.07) is 7.70. The van der Waals surface area contributed by atoms with Crippen LogP contribution >= 0.6 is 11.3 Å². The third kappa shape index (κ3) is 4.58. The first-order valence-corrected chi connectivity index (χ1v) is 9.22. The highest BCUT2D eigenvalue weighted by molar-refractivity contribution is 7.07. The molecule has 0 spiro atoms. The molecule has 0 aliphatic carbocycles. The number of benzene rings is 1. The Balaban J connectivity index is 2.08. The van der Waals surface area contributed by atoms with Crippen LogP contribution in [-0.4, -0.2) is 17.7 Å². The van der Waals surface area contributed by atoms with Crippen molar-refractivity contribution in [3.8, 4) is 0 Å². The maximum Gasteiger partial charge on any atom is 0.319 e. The number of rotatable bonds is 6. The molecule has 0 saturated carbocycles. The molecule has 2 rings (SSSR count). The summed E-state index contributed by atoms with van der Waals surface area (Å²) in [4.78, 5) is 12.3. The van der Waals surface area contributed by atoms with E-state index in [0.29, 0.717) is 11.8 Å². The molecule has 5 heteroatoms. The molecular weight excluding hydrogens is 320 g/mol. The lowest BCUT2D eigenvalue weighted by molar-refractivity contribution is 0.175. The molecule has 1 aromatic heterocycles. The molecular formula is C19H26N2O2S. The van der Waals surface area contributed by atoms with Gasteiger partial charge in [-0.05, 0) is 45.4 Å². The standard InChI is InChI=1S/C19H26N2O2S/c1-12(2)15-6-5-7-16(13(3)4)18(15)21-19(23)20-10-17(22)14-8-9-24-11-14/h5-9,11-13,17,22H,10H2,1-4H3,(H2,20,21,23). The Morgan fingerprint density at radius 3 is 2.25 bits per heavy atom. The third-order valence-corrected chi connectivity index (χ3v) is 4.70. The number of thiophene rings is 1. The van der Waals surface area contributed by atoms with Gasteiger partial charge in [-0.3, -0.25) is 0 Å². The Morgan fingerprint density at radius 2 is 1.75 bits per heavy atom. The summed E-state index contributed by atoms with van der Waals surface area (Å²) in [6.45, 7) is 8.64. The molecule has 0 radical (unpaired) electrons. The molecule has 2 amide bonds. The summed E-state index contributed by atoms with van der Waals surface area (Å²) in [5, 5.41) is 19.6. The fraction of sp³-hybridized carbons (Fsp3) is 0.421. The van der Waals surface area contributed by atoms with Crippen LogP contribution in [-0.2, 0) is 0 Å². The number of anilines is 1. The van der Waals surface area contributed by atoms with E-state index < -0.39 is 6.10 Å². The van der Waals surface area contributed by atoms with E-state index in [1.807, 2.05) is 35.0 Å². The van der Waals surface area contributed by atoms with E-state index in [0.717, 1.165) is 22.4 Å². The van der Waals surface area contributed by atoms with E-state index in [2.05, 4.69) is 38.3 Å². The molecule has 1 atom stereocenters. The van der Waals surface area contributed by atoms with Crippen molar-refractivity contribution in [2.24, 2.45) is 0 Å². The van der Waals surface area contributed by atoms with E-state index in [1.165, 1.54) is 11.3 Å². The van der Waals surface area contributed by atoms with E-state index in [-0.39, 0.29) is 12.6 Å². The number of aliphatic hydroxyl groups is 1. The number of para-hydroxylation sites is 1. The molecule has 2 aromatic rings. The number of aliphatic hydroxyl groups excluding tert-OH is 1. The first-order valence-electron chi connectivity index (χ1n) is 8.28. The Labute approximate surface area is 147 Å². The van der Waals surface area contributed by atoms with Crippen LogP contribution in [0.2, 0.25) is 0 Å². The van der Waals surface area contributed by atoms with E-state index in [1.54, 1.807) is 0 Å². The molecule has 0 fully saturated rings. The lowest BCUT2D eigenvalue weighted by Gasteiger charge is -2.20. The Morgan fingerprint density at radius 1 is 1.12 bits per heavy atom.